The Hall–Kier alpha value is -1.60. The molecule has 0 radical (unpaired) electrons. The van der Waals surface area contributed by atoms with Crippen molar-refractivity contribution in [3.63, 3.8) is 0 Å². The van der Waals surface area contributed by atoms with E-state index in [0.29, 0.717) is 5.56 Å². The fraction of sp³-hybridized carbons (Fsp3) is 0.385. The Morgan fingerprint density at radius 3 is 2.78 bits per heavy atom. The first-order valence-electron chi connectivity index (χ1n) is 5.45. The number of rotatable bonds is 4. The molecule has 0 spiro atoms. The van der Waals surface area contributed by atoms with Crippen molar-refractivity contribution in [3.05, 3.63) is 34.6 Å². The summed E-state index contributed by atoms with van der Waals surface area (Å²) in [5, 5.41) is 9.10. The minimum absolute atomic E-state index is 0.00791. The first-order valence-corrected chi connectivity index (χ1v) is 5.83. The van der Waals surface area contributed by atoms with Crippen LogP contribution in [0.5, 0.6) is 0 Å². The van der Waals surface area contributed by atoms with Gasteiger partial charge >= 0.3 is 5.97 Å². The highest BCUT2D eigenvalue weighted by atomic mass is 35.5. The number of nitrogens with zero attached hydrogens (tertiary/aromatic N) is 1. The van der Waals surface area contributed by atoms with Crippen LogP contribution in [0.15, 0.2) is 18.2 Å². The number of hydrogen-bond donors (Lipinski definition) is 0. The van der Waals surface area contributed by atoms with Crippen LogP contribution in [0.4, 0.5) is 4.39 Å². The van der Waals surface area contributed by atoms with Gasteiger partial charge in [0.1, 0.15) is 5.82 Å². The van der Waals surface area contributed by atoms with Gasteiger partial charge < -0.3 is 4.74 Å². The zero-order valence-electron chi connectivity index (χ0n) is 10.2. The second-order valence-electron chi connectivity index (χ2n) is 4.09. The molecule has 1 aromatic rings. The van der Waals surface area contributed by atoms with Crippen LogP contribution < -0.4 is 0 Å². The Kier molecular flexibility index (Phi) is 4.69. The van der Waals surface area contributed by atoms with Gasteiger partial charge in [-0.1, -0.05) is 17.7 Å². The van der Waals surface area contributed by atoms with Crippen molar-refractivity contribution < 1.29 is 13.9 Å². The van der Waals surface area contributed by atoms with Gasteiger partial charge in [-0.3, -0.25) is 4.79 Å². The molecule has 1 aromatic carbocycles. The van der Waals surface area contributed by atoms with E-state index in [2.05, 4.69) is 0 Å². The second kappa shape index (κ2) is 5.83. The highest BCUT2D eigenvalue weighted by Gasteiger charge is 2.35. The molecule has 5 heteroatoms. The third-order valence-electron chi connectivity index (χ3n) is 2.51. The van der Waals surface area contributed by atoms with Gasteiger partial charge in [0.05, 0.1) is 17.7 Å². The summed E-state index contributed by atoms with van der Waals surface area (Å²) >= 11 is 5.57. The van der Waals surface area contributed by atoms with E-state index >= 15 is 0 Å². The maximum atomic E-state index is 13.3. The molecular formula is C13H13ClFNO2. The summed E-state index contributed by atoms with van der Waals surface area (Å²) in [6.07, 6.45) is 0.0798. The molecule has 0 aliphatic carbocycles. The number of nitriles is 1. The number of carbonyl (C=O) groups excluding carboxylic acids is 1. The minimum Gasteiger partial charge on any atom is -0.465 e. The van der Waals surface area contributed by atoms with Gasteiger partial charge in [0.25, 0.3) is 0 Å². The lowest BCUT2D eigenvalue weighted by Crippen LogP contribution is -2.30. The van der Waals surface area contributed by atoms with Crippen molar-refractivity contribution in [2.75, 3.05) is 6.61 Å². The summed E-state index contributed by atoms with van der Waals surface area (Å²) in [5.41, 5.74) is -0.801. The Balaban J connectivity index is 2.95. The third kappa shape index (κ3) is 3.21. The third-order valence-corrected chi connectivity index (χ3v) is 2.82. The fourth-order valence-corrected chi connectivity index (χ4v) is 1.62. The van der Waals surface area contributed by atoms with Gasteiger partial charge in [0.15, 0.2) is 5.41 Å². The number of hydrogen-bond acceptors (Lipinski definition) is 3. The maximum Gasteiger partial charge on any atom is 0.326 e. The molecule has 0 heterocycles. The normalized spacial score (nSPS) is 13.5. The fourth-order valence-electron chi connectivity index (χ4n) is 1.51. The zero-order chi connectivity index (χ0) is 13.8. The summed E-state index contributed by atoms with van der Waals surface area (Å²) < 4.78 is 18.1. The highest BCUT2D eigenvalue weighted by molar-refractivity contribution is 6.30. The quantitative estimate of drug-likeness (QED) is 0.789. The molecule has 0 aliphatic rings. The topological polar surface area (TPSA) is 50.1 Å². The average molecular weight is 270 g/mol. The first-order chi connectivity index (χ1) is 8.42. The zero-order valence-corrected chi connectivity index (χ0v) is 10.9. The van der Waals surface area contributed by atoms with Crippen LogP contribution in [0, 0.1) is 22.6 Å². The van der Waals surface area contributed by atoms with Crippen LogP contribution in [-0.4, -0.2) is 12.6 Å². The molecule has 0 amide bonds. The van der Waals surface area contributed by atoms with E-state index in [4.69, 9.17) is 21.6 Å². The van der Waals surface area contributed by atoms with Crippen LogP contribution in [0.3, 0.4) is 0 Å². The molecule has 0 fully saturated rings. The largest absolute Gasteiger partial charge is 0.465 e. The highest BCUT2D eigenvalue weighted by Crippen LogP contribution is 2.25. The molecule has 0 bridgehead atoms. The van der Waals surface area contributed by atoms with E-state index in [9.17, 15) is 9.18 Å². The summed E-state index contributed by atoms with van der Waals surface area (Å²) in [5.74, 6) is -1.18. The Labute approximate surface area is 110 Å². The van der Waals surface area contributed by atoms with Crippen molar-refractivity contribution in [1.82, 2.24) is 0 Å². The van der Waals surface area contributed by atoms with Crippen molar-refractivity contribution in [1.29, 1.82) is 5.26 Å². The van der Waals surface area contributed by atoms with Crippen molar-refractivity contribution >= 4 is 17.6 Å². The molecule has 0 aliphatic heterocycles. The predicted octanol–water partition coefficient (Wildman–Crippen LogP) is 3.11. The van der Waals surface area contributed by atoms with Gasteiger partial charge in [-0.25, -0.2) is 4.39 Å². The number of ether oxygens (including phenoxy) is 1. The number of esters is 1. The Bertz CT molecular complexity index is 498. The molecule has 0 aromatic heterocycles. The smallest absolute Gasteiger partial charge is 0.326 e. The van der Waals surface area contributed by atoms with Gasteiger partial charge in [-0.15, -0.1) is 0 Å². The van der Waals surface area contributed by atoms with Gasteiger partial charge in [-0.05, 0) is 31.5 Å². The van der Waals surface area contributed by atoms with Crippen LogP contribution >= 0.6 is 11.6 Å². The summed E-state index contributed by atoms with van der Waals surface area (Å²) in [6.45, 7) is 3.33. The lowest BCUT2D eigenvalue weighted by molar-refractivity contribution is -0.151. The molecule has 1 atom stereocenters. The van der Waals surface area contributed by atoms with Crippen molar-refractivity contribution in [2.24, 2.45) is 5.41 Å². The molecular weight excluding hydrogens is 257 g/mol. The van der Waals surface area contributed by atoms with E-state index in [1.54, 1.807) is 13.0 Å². The molecule has 1 unspecified atom stereocenters. The van der Waals surface area contributed by atoms with Crippen LogP contribution in [0.25, 0.3) is 0 Å². The van der Waals surface area contributed by atoms with Crippen LogP contribution in [0.1, 0.15) is 19.4 Å². The number of benzene rings is 1. The lowest BCUT2D eigenvalue weighted by Gasteiger charge is -2.19. The molecule has 18 heavy (non-hydrogen) atoms. The number of carbonyl (C=O) groups is 1. The van der Waals surface area contributed by atoms with Gasteiger partial charge in [0, 0.05) is 6.42 Å². The molecule has 3 nitrogen and oxygen atoms in total. The van der Waals surface area contributed by atoms with E-state index in [0.717, 1.165) is 0 Å². The molecule has 96 valence electrons. The molecule has 1 rings (SSSR count). The predicted molar refractivity (Wildman–Crippen MR) is 65.5 cm³/mol. The molecule has 0 saturated heterocycles. The van der Waals surface area contributed by atoms with E-state index in [-0.39, 0.29) is 18.1 Å². The minimum atomic E-state index is -1.32. The number of halogens is 2. The van der Waals surface area contributed by atoms with Gasteiger partial charge in [0.2, 0.25) is 0 Å². The maximum absolute atomic E-state index is 13.3. The summed E-state index contributed by atoms with van der Waals surface area (Å²) in [7, 11) is 0. The molecule has 0 saturated carbocycles. The average Bonchev–Trinajstić information content (AvgIpc) is 2.34. The Morgan fingerprint density at radius 1 is 1.61 bits per heavy atom. The van der Waals surface area contributed by atoms with E-state index < -0.39 is 17.2 Å². The monoisotopic (exact) mass is 269 g/mol. The van der Waals surface area contributed by atoms with Crippen LogP contribution in [-0.2, 0) is 16.0 Å². The van der Waals surface area contributed by atoms with Gasteiger partial charge in [-0.2, -0.15) is 5.26 Å². The lowest BCUT2D eigenvalue weighted by atomic mass is 9.85. The van der Waals surface area contributed by atoms with Crippen LogP contribution in [0.2, 0.25) is 5.02 Å². The Morgan fingerprint density at radius 2 is 2.28 bits per heavy atom. The summed E-state index contributed by atoms with van der Waals surface area (Å²) in [6, 6.07) is 6.12. The molecule has 0 N–H and O–H groups in total. The SMILES string of the molecule is CCOC(=O)C(C)(C#N)Cc1ccc(Cl)c(F)c1. The standard InChI is InChI=1S/C13H13ClFNO2/c1-3-18-12(17)13(2,8-16)7-9-4-5-10(14)11(15)6-9/h4-6H,3,7H2,1-2H3. The summed E-state index contributed by atoms with van der Waals surface area (Å²) in [4.78, 5) is 11.7. The van der Waals surface area contributed by atoms with Crippen molar-refractivity contribution in [2.45, 2.75) is 20.3 Å². The second-order valence-corrected chi connectivity index (χ2v) is 4.50. The van der Waals surface area contributed by atoms with E-state index in [1.165, 1.54) is 19.1 Å². The van der Waals surface area contributed by atoms with Crippen molar-refractivity contribution in [3.8, 4) is 6.07 Å². The first kappa shape index (κ1) is 14.5. The van der Waals surface area contributed by atoms with E-state index in [1.807, 2.05) is 6.07 Å².